The number of urea groups is 1. The van der Waals surface area contributed by atoms with Gasteiger partial charge in [-0.3, -0.25) is 4.90 Å². The van der Waals surface area contributed by atoms with E-state index in [1.54, 1.807) is 31.2 Å². The van der Waals surface area contributed by atoms with E-state index >= 15 is 0 Å². The van der Waals surface area contributed by atoms with Crippen LogP contribution in [-0.2, 0) is 9.53 Å². The number of hydrogen-bond acceptors (Lipinski definition) is 4. The monoisotopic (exact) mass is 453 g/mol. The Labute approximate surface area is 177 Å². The molecule has 148 valence electrons. The van der Waals surface area contributed by atoms with Gasteiger partial charge in [-0.05, 0) is 49.2 Å². The van der Waals surface area contributed by atoms with Crippen molar-refractivity contribution in [2.45, 2.75) is 19.9 Å². The lowest BCUT2D eigenvalue weighted by atomic mass is 9.94. The molecule has 0 fully saturated rings. The molecular formula is C22H20BrN3O3. The standard InChI is InChI=1S/C22H20BrN3O3/c1-3-29-21(27)19-18(12-23)26(17-6-4-5-14(2)11-17)22(28)25-20(19)16-9-7-15(13-24)8-10-16/h4-11,20H,3,12H2,1-2H3,(H,25,28). The van der Waals surface area contributed by atoms with Crippen LogP contribution in [0.3, 0.4) is 0 Å². The SMILES string of the molecule is CCOC(=O)C1=C(CBr)N(c2cccc(C)c2)C(=O)NC1c1ccc(C#N)cc1. The first kappa shape index (κ1) is 20.6. The van der Waals surface area contributed by atoms with Gasteiger partial charge in [0, 0.05) is 5.33 Å². The van der Waals surface area contributed by atoms with Crippen molar-refractivity contribution in [2.24, 2.45) is 0 Å². The number of allylic oxidation sites excluding steroid dienone is 1. The van der Waals surface area contributed by atoms with E-state index in [2.05, 4.69) is 27.3 Å². The summed E-state index contributed by atoms with van der Waals surface area (Å²) < 4.78 is 5.31. The minimum atomic E-state index is -0.678. The number of alkyl halides is 1. The Balaban J connectivity index is 2.17. The van der Waals surface area contributed by atoms with Crippen LogP contribution in [0.1, 0.15) is 29.7 Å². The third-order valence-corrected chi connectivity index (χ3v) is 5.13. The van der Waals surface area contributed by atoms with Crippen molar-refractivity contribution in [3.05, 3.63) is 76.5 Å². The number of anilines is 1. The molecule has 2 amide bonds. The van der Waals surface area contributed by atoms with E-state index in [0.29, 0.717) is 28.1 Å². The second kappa shape index (κ2) is 8.93. The average Bonchev–Trinajstić information content (AvgIpc) is 2.73. The maximum atomic E-state index is 13.1. The van der Waals surface area contributed by atoms with Gasteiger partial charge in [-0.1, -0.05) is 40.2 Å². The van der Waals surface area contributed by atoms with Gasteiger partial charge in [0.05, 0.1) is 41.2 Å². The van der Waals surface area contributed by atoms with Crippen LogP contribution in [0.5, 0.6) is 0 Å². The molecular weight excluding hydrogens is 434 g/mol. The van der Waals surface area contributed by atoms with Gasteiger partial charge in [0.1, 0.15) is 0 Å². The molecule has 0 saturated carbocycles. The molecule has 0 radical (unpaired) electrons. The first-order chi connectivity index (χ1) is 14.0. The summed E-state index contributed by atoms with van der Waals surface area (Å²) in [6, 6.07) is 15.3. The number of nitriles is 1. The number of halogens is 1. The third-order valence-electron chi connectivity index (χ3n) is 4.60. The summed E-state index contributed by atoms with van der Waals surface area (Å²) in [7, 11) is 0. The quantitative estimate of drug-likeness (QED) is 0.538. The van der Waals surface area contributed by atoms with Crippen LogP contribution in [0, 0.1) is 18.3 Å². The fourth-order valence-electron chi connectivity index (χ4n) is 3.29. The zero-order valence-corrected chi connectivity index (χ0v) is 17.7. The Hall–Kier alpha value is -3.11. The van der Waals surface area contributed by atoms with E-state index in [4.69, 9.17) is 10.00 Å². The summed E-state index contributed by atoms with van der Waals surface area (Å²) >= 11 is 3.45. The van der Waals surface area contributed by atoms with Crippen LogP contribution in [0.25, 0.3) is 0 Å². The number of nitrogens with one attached hydrogen (secondary N) is 1. The molecule has 1 heterocycles. The fraction of sp³-hybridized carbons (Fsp3) is 0.227. The van der Waals surface area contributed by atoms with Crippen LogP contribution in [0.2, 0.25) is 0 Å². The summed E-state index contributed by atoms with van der Waals surface area (Å²) in [5.74, 6) is -0.492. The number of amides is 2. The summed E-state index contributed by atoms with van der Waals surface area (Å²) in [6.45, 7) is 3.90. The Bertz CT molecular complexity index is 1010. The molecule has 2 aromatic carbocycles. The minimum Gasteiger partial charge on any atom is -0.463 e. The molecule has 1 atom stereocenters. The first-order valence-electron chi connectivity index (χ1n) is 9.13. The number of benzene rings is 2. The van der Waals surface area contributed by atoms with Crippen molar-refractivity contribution in [3.63, 3.8) is 0 Å². The van der Waals surface area contributed by atoms with E-state index in [-0.39, 0.29) is 18.0 Å². The largest absolute Gasteiger partial charge is 0.463 e. The lowest BCUT2D eigenvalue weighted by molar-refractivity contribution is -0.139. The molecule has 3 rings (SSSR count). The fourth-order valence-corrected chi connectivity index (χ4v) is 3.84. The Morgan fingerprint density at radius 1 is 1.28 bits per heavy atom. The number of hydrogen-bond donors (Lipinski definition) is 1. The van der Waals surface area contributed by atoms with Gasteiger partial charge in [0.15, 0.2) is 0 Å². The van der Waals surface area contributed by atoms with Crippen molar-refractivity contribution in [2.75, 3.05) is 16.8 Å². The number of carbonyl (C=O) groups is 2. The summed E-state index contributed by atoms with van der Waals surface area (Å²) in [5, 5.41) is 12.2. The number of rotatable bonds is 5. The van der Waals surface area contributed by atoms with Crippen molar-refractivity contribution in [1.82, 2.24) is 5.32 Å². The average molecular weight is 454 g/mol. The second-order valence-electron chi connectivity index (χ2n) is 6.51. The van der Waals surface area contributed by atoms with Crippen molar-refractivity contribution >= 4 is 33.6 Å². The zero-order chi connectivity index (χ0) is 21.0. The molecule has 6 nitrogen and oxygen atoms in total. The van der Waals surface area contributed by atoms with Crippen molar-refractivity contribution in [1.29, 1.82) is 5.26 Å². The Kier molecular flexibility index (Phi) is 6.35. The number of esters is 1. The van der Waals surface area contributed by atoms with Gasteiger partial charge >= 0.3 is 12.0 Å². The van der Waals surface area contributed by atoms with E-state index in [0.717, 1.165) is 5.56 Å². The van der Waals surface area contributed by atoms with E-state index in [1.165, 1.54) is 4.90 Å². The molecule has 0 bridgehead atoms. The topological polar surface area (TPSA) is 82.4 Å². The van der Waals surface area contributed by atoms with Gasteiger partial charge in [-0.25, -0.2) is 9.59 Å². The van der Waals surface area contributed by atoms with Crippen LogP contribution in [-0.4, -0.2) is 23.9 Å². The maximum absolute atomic E-state index is 13.1. The van der Waals surface area contributed by atoms with Gasteiger partial charge in [-0.15, -0.1) is 0 Å². The number of aryl methyl sites for hydroxylation is 1. The van der Waals surface area contributed by atoms with Crippen LogP contribution >= 0.6 is 15.9 Å². The Morgan fingerprint density at radius 2 is 2.00 bits per heavy atom. The van der Waals surface area contributed by atoms with Gasteiger partial charge < -0.3 is 10.1 Å². The van der Waals surface area contributed by atoms with Crippen LogP contribution in [0.4, 0.5) is 10.5 Å². The molecule has 7 heteroatoms. The lowest BCUT2D eigenvalue weighted by Crippen LogP contribution is -2.49. The second-order valence-corrected chi connectivity index (χ2v) is 7.07. The maximum Gasteiger partial charge on any atom is 0.338 e. The highest BCUT2D eigenvalue weighted by atomic mass is 79.9. The van der Waals surface area contributed by atoms with Gasteiger partial charge in [0.2, 0.25) is 0 Å². The predicted octanol–water partition coefficient (Wildman–Crippen LogP) is 4.35. The van der Waals surface area contributed by atoms with Crippen LogP contribution in [0.15, 0.2) is 59.8 Å². The van der Waals surface area contributed by atoms with E-state index < -0.39 is 12.0 Å². The van der Waals surface area contributed by atoms with Crippen molar-refractivity contribution < 1.29 is 14.3 Å². The molecule has 0 spiro atoms. The highest BCUT2D eigenvalue weighted by Gasteiger charge is 2.38. The van der Waals surface area contributed by atoms with E-state index in [9.17, 15) is 9.59 Å². The van der Waals surface area contributed by atoms with Crippen molar-refractivity contribution in [3.8, 4) is 6.07 Å². The number of carbonyl (C=O) groups excluding carboxylic acids is 2. The third kappa shape index (κ3) is 4.17. The summed E-state index contributed by atoms with van der Waals surface area (Å²) in [6.07, 6.45) is 0. The summed E-state index contributed by atoms with van der Waals surface area (Å²) in [4.78, 5) is 27.5. The Morgan fingerprint density at radius 3 is 2.59 bits per heavy atom. The molecule has 2 aromatic rings. The molecule has 0 saturated heterocycles. The predicted molar refractivity (Wildman–Crippen MR) is 114 cm³/mol. The highest BCUT2D eigenvalue weighted by Crippen LogP contribution is 2.35. The normalized spacial score (nSPS) is 16.3. The zero-order valence-electron chi connectivity index (χ0n) is 16.1. The molecule has 0 aliphatic carbocycles. The lowest BCUT2D eigenvalue weighted by Gasteiger charge is -2.36. The number of nitrogens with zero attached hydrogens (tertiary/aromatic N) is 2. The highest BCUT2D eigenvalue weighted by molar-refractivity contribution is 9.09. The van der Waals surface area contributed by atoms with Gasteiger partial charge in [0.25, 0.3) is 0 Å². The minimum absolute atomic E-state index is 0.219. The first-order valence-corrected chi connectivity index (χ1v) is 10.3. The molecule has 0 aromatic heterocycles. The number of ether oxygens (including phenoxy) is 1. The molecule has 1 aliphatic heterocycles. The molecule has 1 aliphatic rings. The van der Waals surface area contributed by atoms with E-state index in [1.807, 2.05) is 31.2 Å². The van der Waals surface area contributed by atoms with Crippen LogP contribution < -0.4 is 10.2 Å². The summed E-state index contributed by atoms with van der Waals surface area (Å²) in [5.41, 5.74) is 3.73. The smallest absolute Gasteiger partial charge is 0.338 e. The molecule has 1 unspecified atom stereocenters. The molecule has 29 heavy (non-hydrogen) atoms. The van der Waals surface area contributed by atoms with Gasteiger partial charge in [-0.2, -0.15) is 5.26 Å². The molecule has 1 N–H and O–H groups in total.